The molecule has 1 amide bonds. The van der Waals surface area contributed by atoms with Crippen LogP contribution in [0.3, 0.4) is 0 Å². The van der Waals surface area contributed by atoms with Crippen LogP contribution >= 0.6 is 15.9 Å². The van der Waals surface area contributed by atoms with E-state index in [9.17, 15) is 4.79 Å². The zero-order valence-corrected chi connectivity index (χ0v) is 11.9. The molecule has 2 nitrogen and oxygen atoms in total. The molecule has 0 aromatic carbocycles. The number of carbonyl (C=O) groups is 1. The minimum atomic E-state index is 0.235. The molecule has 0 radical (unpaired) electrons. The van der Waals surface area contributed by atoms with Gasteiger partial charge in [-0.05, 0) is 38.5 Å². The number of carbonyl (C=O) groups excluding carboxylic acids is 1. The summed E-state index contributed by atoms with van der Waals surface area (Å²) in [7, 11) is 0. The van der Waals surface area contributed by atoms with Crippen molar-refractivity contribution in [1.82, 2.24) is 5.32 Å². The van der Waals surface area contributed by atoms with Crippen LogP contribution in [-0.4, -0.2) is 17.3 Å². The van der Waals surface area contributed by atoms with E-state index in [-0.39, 0.29) is 5.91 Å². The van der Waals surface area contributed by atoms with Gasteiger partial charge in [-0.2, -0.15) is 0 Å². The lowest BCUT2D eigenvalue weighted by atomic mass is 9.84. The molecule has 1 fully saturated rings. The van der Waals surface area contributed by atoms with Gasteiger partial charge >= 0.3 is 0 Å². The Balaban J connectivity index is 2.16. The van der Waals surface area contributed by atoms with Gasteiger partial charge in [-0.25, -0.2) is 0 Å². The third kappa shape index (κ3) is 5.33. The topological polar surface area (TPSA) is 29.1 Å². The van der Waals surface area contributed by atoms with E-state index in [2.05, 4.69) is 28.2 Å². The van der Waals surface area contributed by atoms with Crippen LogP contribution in [0.1, 0.15) is 58.3 Å². The van der Waals surface area contributed by atoms with Gasteiger partial charge in [0.2, 0.25) is 5.91 Å². The summed E-state index contributed by atoms with van der Waals surface area (Å²) in [6, 6.07) is 0.372. The minimum Gasteiger partial charge on any atom is -0.353 e. The Morgan fingerprint density at radius 1 is 1.31 bits per heavy atom. The standard InChI is InChI=1S/C13H24BrNO/c1-11(12-7-3-2-4-8-12)15-13(16)9-5-6-10-14/h11-12H,2-10H2,1H3,(H,15,16)/t11-/m1/s1. The number of unbranched alkanes of at least 4 members (excludes halogenated alkanes) is 1. The monoisotopic (exact) mass is 289 g/mol. The number of alkyl halides is 1. The lowest BCUT2D eigenvalue weighted by molar-refractivity contribution is -0.122. The summed E-state index contributed by atoms with van der Waals surface area (Å²) in [5, 5.41) is 4.15. The fourth-order valence-electron chi connectivity index (χ4n) is 2.46. The molecular formula is C13H24BrNO. The molecule has 1 atom stereocenters. The van der Waals surface area contributed by atoms with Crippen LogP contribution in [0.5, 0.6) is 0 Å². The molecule has 16 heavy (non-hydrogen) atoms. The third-order valence-corrected chi connectivity index (χ3v) is 4.09. The molecule has 1 rings (SSSR count). The number of halogens is 1. The van der Waals surface area contributed by atoms with E-state index in [0.29, 0.717) is 18.4 Å². The molecule has 1 aliphatic rings. The highest BCUT2D eigenvalue weighted by molar-refractivity contribution is 9.09. The van der Waals surface area contributed by atoms with Crippen molar-refractivity contribution in [2.45, 2.75) is 64.3 Å². The molecule has 0 spiro atoms. The van der Waals surface area contributed by atoms with Crippen LogP contribution < -0.4 is 5.32 Å². The fraction of sp³-hybridized carbons (Fsp3) is 0.923. The fourth-order valence-corrected chi connectivity index (χ4v) is 2.85. The molecule has 0 unspecified atom stereocenters. The van der Waals surface area contributed by atoms with E-state index < -0.39 is 0 Å². The number of amides is 1. The van der Waals surface area contributed by atoms with Gasteiger partial charge in [0.05, 0.1) is 0 Å². The van der Waals surface area contributed by atoms with Crippen molar-refractivity contribution in [3.05, 3.63) is 0 Å². The van der Waals surface area contributed by atoms with Gasteiger partial charge < -0.3 is 5.32 Å². The zero-order chi connectivity index (χ0) is 11.8. The maximum absolute atomic E-state index is 11.6. The molecular weight excluding hydrogens is 266 g/mol. The molecule has 0 aliphatic heterocycles. The number of rotatable bonds is 6. The summed E-state index contributed by atoms with van der Waals surface area (Å²) >= 11 is 3.38. The summed E-state index contributed by atoms with van der Waals surface area (Å²) in [5.74, 6) is 0.952. The van der Waals surface area contributed by atoms with Gasteiger partial charge in [-0.1, -0.05) is 35.2 Å². The normalized spacial score (nSPS) is 19.4. The lowest BCUT2D eigenvalue weighted by Gasteiger charge is -2.28. The SMILES string of the molecule is C[C@@H](NC(=O)CCCCBr)C1CCCCC1. The molecule has 1 saturated carbocycles. The first-order valence-corrected chi connectivity index (χ1v) is 7.71. The number of hydrogen-bond donors (Lipinski definition) is 1. The van der Waals surface area contributed by atoms with E-state index in [1.807, 2.05) is 0 Å². The molecule has 0 aromatic heterocycles. The molecule has 0 bridgehead atoms. The van der Waals surface area contributed by atoms with Crippen LogP contribution in [0.15, 0.2) is 0 Å². The Morgan fingerprint density at radius 2 is 2.00 bits per heavy atom. The lowest BCUT2D eigenvalue weighted by Crippen LogP contribution is -2.38. The summed E-state index contributed by atoms with van der Waals surface area (Å²) in [4.78, 5) is 11.6. The molecule has 0 aromatic rings. The average Bonchev–Trinajstić information content (AvgIpc) is 2.30. The largest absolute Gasteiger partial charge is 0.353 e. The maximum atomic E-state index is 11.6. The predicted molar refractivity (Wildman–Crippen MR) is 71.8 cm³/mol. The predicted octanol–water partition coefficient (Wildman–Crippen LogP) is 3.64. The van der Waals surface area contributed by atoms with Crippen LogP contribution in [-0.2, 0) is 4.79 Å². The van der Waals surface area contributed by atoms with Crippen molar-refractivity contribution < 1.29 is 4.79 Å². The Hall–Kier alpha value is -0.0500. The van der Waals surface area contributed by atoms with E-state index in [0.717, 1.165) is 18.2 Å². The molecule has 1 aliphatic carbocycles. The Kier molecular flexibility index (Phi) is 7.10. The van der Waals surface area contributed by atoms with Crippen molar-refractivity contribution in [2.75, 3.05) is 5.33 Å². The van der Waals surface area contributed by atoms with E-state index in [4.69, 9.17) is 0 Å². The molecule has 1 N–H and O–H groups in total. The van der Waals surface area contributed by atoms with E-state index >= 15 is 0 Å². The van der Waals surface area contributed by atoms with Gasteiger partial charge in [0.15, 0.2) is 0 Å². The van der Waals surface area contributed by atoms with Crippen molar-refractivity contribution in [2.24, 2.45) is 5.92 Å². The summed E-state index contributed by atoms with van der Waals surface area (Å²) in [6.45, 7) is 2.17. The van der Waals surface area contributed by atoms with Gasteiger partial charge in [0.25, 0.3) is 0 Å². The van der Waals surface area contributed by atoms with Crippen molar-refractivity contribution in [3.8, 4) is 0 Å². The van der Waals surface area contributed by atoms with Gasteiger partial charge in [-0.15, -0.1) is 0 Å². The molecule has 0 heterocycles. The number of nitrogens with one attached hydrogen (secondary N) is 1. The first kappa shape index (κ1) is 14.0. The number of hydrogen-bond acceptors (Lipinski definition) is 1. The smallest absolute Gasteiger partial charge is 0.220 e. The first-order valence-electron chi connectivity index (χ1n) is 6.59. The first-order chi connectivity index (χ1) is 7.74. The molecule has 0 saturated heterocycles. The second-order valence-electron chi connectivity index (χ2n) is 4.90. The Bertz CT molecular complexity index is 202. The molecule has 3 heteroatoms. The second-order valence-corrected chi connectivity index (χ2v) is 5.69. The van der Waals surface area contributed by atoms with Gasteiger partial charge in [-0.3, -0.25) is 4.79 Å². The third-order valence-electron chi connectivity index (χ3n) is 3.53. The van der Waals surface area contributed by atoms with Crippen molar-refractivity contribution >= 4 is 21.8 Å². The minimum absolute atomic E-state index is 0.235. The van der Waals surface area contributed by atoms with Crippen LogP contribution in [0.25, 0.3) is 0 Å². The van der Waals surface area contributed by atoms with Gasteiger partial charge in [0, 0.05) is 17.8 Å². The van der Waals surface area contributed by atoms with Crippen molar-refractivity contribution in [3.63, 3.8) is 0 Å². The highest BCUT2D eigenvalue weighted by Crippen LogP contribution is 2.26. The molecule has 94 valence electrons. The quantitative estimate of drug-likeness (QED) is 0.587. The highest BCUT2D eigenvalue weighted by atomic mass is 79.9. The van der Waals surface area contributed by atoms with Gasteiger partial charge in [0.1, 0.15) is 0 Å². The van der Waals surface area contributed by atoms with Crippen LogP contribution in [0.2, 0.25) is 0 Å². The highest BCUT2D eigenvalue weighted by Gasteiger charge is 2.20. The van der Waals surface area contributed by atoms with Crippen LogP contribution in [0, 0.1) is 5.92 Å². The second kappa shape index (κ2) is 8.10. The zero-order valence-electron chi connectivity index (χ0n) is 10.3. The maximum Gasteiger partial charge on any atom is 0.220 e. The van der Waals surface area contributed by atoms with Crippen molar-refractivity contribution in [1.29, 1.82) is 0 Å². The van der Waals surface area contributed by atoms with Crippen LogP contribution in [0.4, 0.5) is 0 Å². The summed E-state index contributed by atoms with van der Waals surface area (Å²) < 4.78 is 0. The Labute approximate surface area is 108 Å². The summed E-state index contributed by atoms with van der Waals surface area (Å²) in [6.07, 6.45) is 9.42. The Morgan fingerprint density at radius 3 is 2.62 bits per heavy atom. The summed E-state index contributed by atoms with van der Waals surface area (Å²) in [5.41, 5.74) is 0. The average molecular weight is 290 g/mol. The van der Waals surface area contributed by atoms with E-state index in [1.54, 1.807) is 0 Å². The van der Waals surface area contributed by atoms with E-state index in [1.165, 1.54) is 32.1 Å².